The van der Waals surface area contributed by atoms with E-state index in [1.165, 1.54) is 0 Å². The summed E-state index contributed by atoms with van der Waals surface area (Å²) >= 11 is 0. The van der Waals surface area contributed by atoms with Crippen molar-refractivity contribution < 1.29 is 14.4 Å². The Hall–Kier alpha value is -0.910. The summed E-state index contributed by atoms with van der Waals surface area (Å²) in [5.74, 6) is 0.760. The standard InChI is InChI=1S/C12H22N2O3/c1-14(6-4-3-5-7-15)9-11-8-12(10-16-2)17-13-11/h8,15H,3-7,9-10H2,1-2H3. The summed E-state index contributed by atoms with van der Waals surface area (Å²) in [5, 5.41) is 12.7. The highest BCUT2D eigenvalue weighted by Crippen LogP contribution is 2.07. The number of aromatic nitrogens is 1. The van der Waals surface area contributed by atoms with Crippen LogP contribution in [0, 0.1) is 0 Å². The average Bonchev–Trinajstić information content (AvgIpc) is 2.73. The smallest absolute Gasteiger partial charge is 0.162 e. The molecule has 1 rings (SSSR count). The number of rotatable bonds is 9. The molecule has 1 N–H and O–H groups in total. The molecule has 0 fully saturated rings. The predicted molar refractivity (Wildman–Crippen MR) is 64.5 cm³/mol. The highest BCUT2D eigenvalue weighted by Gasteiger charge is 2.06. The molecule has 1 heterocycles. The third kappa shape index (κ3) is 5.81. The van der Waals surface area contributed by atoms with E-state index in [1.54, 1.807) is 7.11 Å². The van der Waals surface area contributed by atoms with Gasteiger partial charge in [-0.2, -0.15) is 0 Å². The molecule has 1 aromatic rings. The maximum Gasteiger partial charge on any atom is 0.162 e. The number of nitrogens with zero attached hydrogens (tertiary/aromatic N) is 2. The van der Waals surface area contributed by atoms with E-state index in [0.29, 0.717) is 6.61 Å². The fourth-order valence-electron chi connectivity index (χ4n) is 1.67. The van der Waals surface area contributed by atoms with Crippen molar-refractivity contribution in [2.45, 2.75) is 32.4 Å². The molecule has 0 bridgehead atoms. The zero-order valence-electron chi connectivity index (χ0n) is 10.7. The van der Waals surface area contributed by atoms with E-state index in [2.05, 4.69) is 17.1 Å². The van der Waals surface area contributed by atoms with E-state index in [0.717, 1.165) is 43.8 Å². The quantitative estimate of drug-likeness (QED) is 0.664. The maximum atomic E-state index is 8.67. The molecule has 0 aromatic carbocycles. The molecule has 0 radical (unpaired) electrons. The zero-order valence-corrected chi connectivity index (χ0v) is 10.7. The fourth-order valence-corrected chi connectivity index (χ4v) is 1.67. The van der Waals surface area contributed by atoms with Crippen molar-refractivity contribution in [3.8, 4) is 0 Å². The van der Waals surface area contributed by atoms with Gasteiger partial charge in [0.15, 0.2) is 5.76 Å². The molecule has 17 heavy (non-hydrogen) atoms. The first-order valence-corrected chi connectivity index (χ1v) is 5.99. The van der Waals surface area contributed by atoms with Crippen LogP contribution in [0.25, 0.3) is 0 Å². The van der Waals surface area contributed by atoms with Gasteiger partial charge in [-0.15, -0.1) is 0 Å². The fraction of sp³-hybridized carbons (Fsp3) is 0.750. The number of hydrogen-bond acceptors (Lipinski definition) is 5. The van der Waals surface area contributed by atoms with Crippen LogP contribution in [0.5, 0.6) is 0 Å². The monoisotopic (exact) mass is 242 g/mol. The zero-order chi connectivity index (χ0) is 12.5. The van der Waals surface area contributed by atoms with Crippen molar-refractivity contribution >= 4 is 0 Å². The third-order valence-electron chi connectivity index (χ3n) is 2.52. The Labute approximate surface area is 102 Å². The van der Waals surface area contributed by atoms with Crippen LogP contribution in [0.2, 0.25) is 0 Å². The van der Waals surface area contributed by atoms with Gasteiger partial charge in [-0.3, -0.25) is 0 Å². The predicted octanol–water partition coefficient (Wildman–Crippen LogP) is 1.42. The molecule has 0 aliphatic carbocycles. The normalized spacial score (nSPS) is 11.3. The molecule has 0 amide bonds. The van der Waals surface area contributed by atoms with Crippen LogP contribution in [-0.2, 0) is 17.9 Å². The van der Waals surface area contributed by atoms with Crippen molar-refractivity contribution in [2.75, 3.05) is 27.3 Å². The van der Waals surface area contributed by atoms with Gasteiger partial charge in [-0.25, -0.2) is 0 Å². The summed E-state index contributed by atoms with van der Waals surface area (Å²) < 4.78 is 10.1. The number of aliphatic hydroxyl groups excluding tert-OH is 1. The van der Waals surface area contributed by atoms with Gasteiger partial charge in [0.05, 0.1) is 5.69 Å². The van der Waals surface area contributed by atoms with Crippen LogP contribution in [0.3, 0.4) is 0 Å². The van der Waals surface area contributed by atoms with Gasteiger partial charge in [0.1, 0.15) is 6.61 Å². The molecule has 0 saturated heterocycles. The molecular weight excluding hydrogens is 220 g/mol. The topological polar surface area (TPSA) is 58.7 Å². The van der Waals surface area contributed by atoms with Crippen LogP contribution in [-0.4, -0.2) is 42.5 Å². The first-order chi connectivity index (χ1) is 8.26. The molecule has 0 aliphatic heterocycles. The van der Waals surface area contributed by atoms with Gasteiger partial charge in [0.2, 0.25) is 0 Å². The third-order valence-corrected chi connectivity index (χ3v) is 2.52. The van der Waals surface area contributed by atoms with Gasteiger partial charge in [0.25, 0.3) is 0 Å². The van der Waals surface area contributed by atoms with E-state index in [9.17, 15) is 0 Å². The molecule has 0 atom stereocenters. The molecule has 5 heteroatoms. The van der Waals surface area contributed by atoms with Crippen molar-refractivity contribution in [2.24, 2.45) is 0 Å². The highest BCUT2D eigenvalue weighted by atomic mass is 16.5. The first kappa shape index (κ1) is 14.2. The van der Waals surface area contributed by atoms with E-state index < -0.39 is 0 Å². The van der Waals surface area contributed by atoms with Crippen molar-refractivity contribution in [1.82, 2.24) is 10.1 Å². The van der Waals surface area contributed by atoms with E-state index >= 15 is 0 Å². The van der Waals surface area contributed by atoms with Crippen LogP contribution in [0.15, 0.2) is 10.6 Å². The molecule has 0 saturated carbocycles. The van der Waals surface area contributed by atoms with E-state index in [1.807, 2.05) is 6.07 Å². The van der Waals surface area contributed by atoms with Gasteiger partial charge in [-0.1, -0.05) is 5.16 Å². The molecule has 98 valence electrons. The Bertz CT molecular complexity index is 302. The summed E-state index contributed by atoms with van der Waals surface area (Å²) in [6, 6.07) is 1.92. The second-order valence-corrected chi connectivity index (χ2v) is 4.24. The lowest BCUT2D eigenvalue weighted by atomic mass is 10.2. The number of unbranched alkanes of at least 4 members (excludes halogenated alkanes) is 2. The number of ether oxygens (including phenoxy) is 1. The van der Waals surface area contributed by atoms with Gasteiger partial charge in [-0.05, 0) is 32.9 Å². The van der Waals surface area contributed by atoms with Gasteiger partial charge < -0.3 is 19.3 Å². The van der Waals surface area contributed by atoms with Crippen LogP contribution in [0.1, 0.15) is 30.7 Å². The number of methoxy groups -OCH3 is 1. The van der Waals surface area contributed by atoms with E-state index in [-0.39, 0.29) is 6.61 Å². The minimum absolute atomic E-state index is 0.285. The lowest BCUT2D eigenvalue weighted by molar-refractivity contribution is 0.155. The largest absolute Gasteiger partial charge is 0.396 e. The number of hydrogen-bond donors (Lipinski definition) is 1. The van der Waals surface area contributed by atoms with Crippen LogP contribution < -0.4 is 0 Å². The lowest BCUT2D eigenvalue weighted by Gasteiger charge is -2.14. The first-order valence-electron chi connectivity index (χ1n) is 5.99. The Morgan fingerprint density at radius 2 is 2.24 bits per heavy atom. The van der Waals surface area contributed by atoms with E-state index in [4.69, 9.17) is 14.4 Å². The summed E-state index contributed by atoms with van der Waals surface area (Å²) in [6.45, 7) is 2.54. The second kappa shape index (κ2) is 8.22. The summed E-state index contributed by atoms with van der Waals surface area (Å²) in [7, 11) is 3.69. The minimum Gasteiger partial charge on any atom is -0.396 e. The van der Waals surface area contributed by atoms with Crippen molar-refractivity contribution in [1.29, 1.82) is 0 Å². The summed E-state index contributed by atoms with van der Waals surface area (Å²) in [6.07, 6.45) is 3.05. The second-order valence-electron chi connectivity index (χ2n) is 4.24. The molecule has 1 aromatic heterocycles. The average molecular weight is 242 g/mol. The van der Waals surface area contributed by atoms with Crippen LogP contribution >= 0.6 is 0 Å². The molecule has 0 aliphatic rings. The number of aliphatic hydroxyl groups is 1. The van der Waals surface area contributed by atoms with Crippen molar-refractivity contribution in [3.63, 3.8) is 0 Å². The van der Waals surface area contributed by atoms with Crippen LogP contribution in [0.4, 0.5) is 0 Å². The summed E-state index contributed by atoms with van der Waals surface area (Å²) in [4.78, 5) is 2.20. The van der Waals surface area contributed by atoms with Gasteiger partial charge >= 0.3 is 0 Å². The van der Waals surface area contributed by atoms with Crippen molar-refractivity contribution in [3.05, 3.63) is 17.5 Å². The molecular formula is C12H22N2O3. The Morgan fingerprint density at radius 3 is 2.94 bits per heavy atom. The highest BCUT2D eigenvalue weighted by molar-refractivity contribution is 5.04. The summed E-state index contributed by atoms with van der Waals surface area (Å²) in [5.41, 5.74) is 0.932. The molecule has 0 spiro atoms. The Kier molecular flexibility index (Phi) is 6.84. The lowest BCUT2D eigenvalue weighted by Crippen LogP contribution is -2.19. The minimum atomic E-state index is 0.285. The molecule has 0 unspecified atom stereocenters. The van der Waals surface area contributed by atoms with Gasteiger partial charge in [0, 0.05) is 26.3 Å². The molecule has 5 nitrogen and oxygen atoms in total. The SMILES string of the molecule is COCc1cc(CN(C)CCCCCO)no1. The Balaban J connectivity index is 2.22. The maximum absolute atomic E-state index is 8.67. The Morgan fingerprint density at radius 1 is 1.41 bits per heavy atom.